The molecular weight excluding hydrogens is 781 g/mol. The van der Waals surface area contributed by atoms with Crippen molar-refractivity contribution in [3.63, 3.8) is 0 Å². The van der Waals surface area contributed by atoms with Crippen LogP contribution in [0, 0.1) is 5.92 Å². The number of para-hydroxylation sites is 1. The van der Waals surface area contributed by atoms with E-state index in [1.807, 2.05) is 24.3 Å². The molecule has 10 rings (SSSR count). The molecule has 17 nitrogen and oxygen atoms in total. The number of benzene rings is 1. The van der Waals surface area contributed by atoms with Crippen LogP contribution in [0.25, 0.3) is 16.7 Å². The maximum Gasteiger partial charge on any atom is 0.329 e. The van der Waals surface area contributed by atoms with E-state index in [0.717, 1.165) is 75.2 Å². The van der Waals surface area contributed by atoms with Crippen molar-refractivity contribution in [2.45, 2.75) is 88.1 Å². The smallest absolute Gasteiger partial charge is 0.329 e. The van der Waals surface area contributed by atoms with Gasteiger partial charge < -0.3 is 19.7 Å². The van der Waals surface area contributed by atoms with E-state index in [1.165, 1.54) is 21.5 Å². The Morgan fingerprint density at radius 1 is 1.05 bits per heavy atom. The van der Waals surface area contributed by atoms with Gasteiger partial charge in [0.2, 0.25) is 11.8 Å². The molecule has 2 N–H and O–H groups in total. The number of rotatable bonds is 10. The highest BCUT2D eigenvalue weighted by molar-refractivity contribution is 6.08. The largest absolute Gasteiger partial charge is 0.375 e. The lowest BCUT2D eigenvalue weighted by Gasteiger charge is -2.37. The molecule has 3 amide bonds. The summed E-state index contributed by atoms with van der Waals surface area (Å²) in [5, 5.41) is 13.6. The number of alkyl halides is 2. The number of imidazole rings is 1. The van der Waals surface area contributed by atoms with Crippen LogP contribution in [0.4, 0.5) is 20.3 Å². The van der Waals surface area contributed by atoms with Crippen LogP contribution in [-0.2, 0) is 32.5 Å². The number of halogens is 2. The molecule has 1 saturated carbocycles. The van der Waals surface area contributed by atoms with Crippen LogP contribution in [-0.4, -0.2) is 114 Å². The lowest BCUT2D eigenvalue weighted by atomic mass is 9.85. The third-order valence-corrected chi connectivity index (χ3v) is 13.1. The van der Waals surface area contributed by atoms with E-state index in [4.69, 9.17) is 14.5 Å². The van der Waals surface area contributed by atoms with E-state index in [-0.39, 0.29) is 60.0 Å². The maximum atomic E-state index is 14.3. The Morgan fingerprint density at radius 2 is 1.90 bits per heavy atom. The number of hydrogen-bond acceptors (Lipinski definition) is 11. The number of nitrogens with one attached hydrogen (secondary N) is 2. The predicted molar refractivity (Wildman–Crippen MR) is 213 cm³/mol. The molecule has 5 fully saturated rings. The van der Waals surface area contributed by atoms with E-state index >= 15 is 0 Å². The molecule has 1 aromatic carbocycles. The van der Waals surface area contributed by atoms with E-state index in [1.54, 1.807) is 22.5 Å². The van der Waals surface area contributed by atoms with Crippen molar-refractivity contribution in [3.8, 4) is 0 Å². The molecule has 0 radical (unpaired) electrons. The third-order valence-electron chi connectivity index (χ3n) is 13.1. The molecule has 2 bridgehead atoms. The zero-order valence-corrected chi connectivity index (χ0v) is 33.2. The number of piperidine rings is 1. The number of amides is 3. The minimum absolute atomic E-state index is 0.0238. The van der Waals surface area contributed by atoms with Gasteiger partial charge in [-0.3, -0.25) is 38.4 Å². The Labute approximate surface area is 342 Å². The summed E-state index contributed by atoms with van der Waals surface area (Å²) >= 11 is 0. The van der Waals surface area contributed by atoms with Crippen LogP contribution in [0.5, 0.6) is 0 Å². The first-order valence-electron chi connectivity index (χ1n) is 20.9. The summed E-state index contributed by atoms with van der Waals surface area (Å²) in [6.07, 6.45) is 7.17. The van der Waals surface area contributed by atoms with Crippen molar-refractivity contribution in [2.24, 2.45) is 13.0 Å². The molecule has 316 valence electrons. The van der Waals surface area contributed by atoms with Crippen molar-refractivity contribution in [3.05, 3.63) is 70.2 Å². The molecule has 5 aliphatic rings. The van der Waals surface area contributed by atoms with Crippen LogP contribution in [0.3, 0.4) is 0 Å². The van der Waals surface area contributed by atoms with Gasteiger partial charge in [-0.15, -0.1) is 0 Å². The standard InChI is InChI=1S/C41H47F2N11O6/c1-49-36-24(3-2-4-31(36)54(41(49)58)32-9-10-34(55)47-40(32)57)15-27-19-50(13-14-59-27)18-23-5-7-25(8-6-23)53-21-30(35(48-53)37(42)43)45-39(56)29-17-44-52-12-11-33(46-38(29)52)51-20-28-16-26(51)22-60-28/h2-4,11-12,17,21,23,25-28,32,37H,5-10,13-16,18-20,22H2,1H3,(H,45,56)(H,47,55,57)/t23?,25?,26-,27-,28-,32?/m1/s1. The van der Waals surface area contributed by atoms with Gasteiger partial charge >= 0.3 is 5.69 Å². The van der Waals surface area contributed by atoms with Gasteiger partial charge in [0, 0.05) is 58.5 Å². The van der Waals surface area contributed by atoms with Gasteiger partial charge in [-0.2, -0.15) is 10.2 Å². The molecule has 4 aliphatic heterocycles. The number of carbonyl (C=O) groups excluding carboxylic acids is 3. The summed E-state index contributed by atoms with van der Waals surface area (Å²) in [4.78, 5) is 60.8. The minimum atomic E-state index is -2.88. The normalized spacial score (nSPS) is 26.2. The average Bonchev–Trinajstić information content (AvgIpc) is 4.09. The summed E-state index contributed by atoms with van der Waals surface area (Å²) in [5.74, 6) is -0.242. The molecule has 4 aromatic heterocycles. The van der Waals surface area contributed by atoms with E-state index < -0.39 is 30.0 Å². The lowest BCUT2D eigenvalue weighted by molar-refractivity contribution is -0.135. The fourth-order valence-corrected chi connectivity index (χ4v) is 10.1. The van der Waals surface area contributed by atoms with Crippen LogP contribution in [0.15, 0.2) is 47.7 Å². The number of ether oxygens (including phenoxy) is 2. The molecule has 4 saturated heterocycles. The molecule has 0 spiro atoms. The Morgan fingerprint density at radius 3 is 2.67 bits per heavy atom. The quantitative estimate of drug-likeness (QED) is 0.198. The molecule has 60 heavy (non-hydrogen) atoms. The SMILES string of the molecule is Cn1c(=O)n(C2CCC(=O)NC2=O)c2cccc(C[C@@H]3CN(CC4CCC(n5cc(NC(=O)c6cnn7ccc(N8C[C@H]9C[C@@H]8CO9)nc67)c(C(F)F)n5)CC4)CCO3)c21. The minimum Gasteiger partial charge on any atom is -0.375 e. The van der Waals surface area contributed by atoms with Crippen LogP contribution in [0.2, 0.25) is 0 Å². The van der Waals surface area contributed by atoms with Crippen LogP contribution >= 0.6 is 0 Å². The highest BCUT2D eigenvalue weighted by Gasteiger charge is 2.40. The number of imide groups is 1. The van der Waals surface area contributed by atoms with Gasteiger partial charge in [0.15, 0.2) is 11.3 Å². The monoisotopic (exact) mass is 827 g/mol. The lowest BCUT2D eigenvalue weighted by Crippen LogP contribution is -2.45. The number of hydrogen-bond donors (Lipinski definition) is 2. The molecule has 1 aliphatic carbocycles. The molecule has 8 heterocycles. The zero-order valence-electron chi connectivity index (χ0n) is 33.2. The first-order chi connectivity index (χ1) is 29.1. The van der Waals surface area contributed by atoms with Gasteiger partial charge in [-0.1, -0.05) is 12.1 Å². The average molecular weight is 828 g/mol. The van der Waals surface area contributed by atoms with E-state index in [2.05, 4.69) is 30.6 Å². The van der Waals surface area contributed by atoms with Gasteiger partial charge in [0.25, 0.3) is 12.3 Å². The second kappa shape index (κ2) is 15.5. The number of fused-ring (bicyclic) bond motifs is 4. The first kappa shape index (κ1) is 38.7. The van der Waals surface area contributed by atoms with Gasteiger partial charge in [-0.25, -0.2) is 23.1 Å². The highest BCUT2D eigenvalue weighted by Crippen LogP contribution is 2.36. The maximum absolute atomic E-state index is 14.3. The highest BCUT2D eigenvalue weighted by atomic mass is 19.3. The van der Waals surface area contributed by atoms with Crippen molar-refractivity contribution >= 4 is 45.9 Å². The molecular formula is C41H47F2N11O6. The second-order valence-electron chi connectivity index (χ2n) is 16.9. The van der Waals surface area contributed by atoms with Crippen molar-refractivity contribution < 1.29 is 32.6 Å². The van der Waals surface area contributed by atoms with Crippen LogP contribution in [0.1, 0.15) is 85.1 Å². The van der Waals surface area contributed by atoms with Gasteiger partial charge in [0.1, 0.15) is 17.4 Å². The Kier molecular flexibility index (Phi) is 9.98. The van der Waals surface area contributed by atoms with E-state index in [0.29, 0.717) is 36.7 Å². The molecule has 5 aromatic rings. The zero-order chi connectivity index (χ0) is 41.2. The number of morpholine rings is 2. The fraction of sp³-hybridized carbons (Fsp3) is 0.537. The number of aromatic nitrogens is 7. The third kappa shape index (κ3) is 7.04. The second-order valence-corrected chi connectivity index (χ2v) is 16.9. The summed E-state index contributed by atoms with van der Waals surface area (Å²) in [5.41, 5.74) is 2.10. The molecule has 19 heteroatoms. The van der Waals surface area contributed by atoms with Crippen LogP contribution < -0.4 is 21.2 Å². The van der Waals surface area contributed by atoms with E-state index in [9.17, 15) is 28.0 Å². The van der Waals surface area contributed by atoms with Gasteiger partial charge in [-0.05, 0) is 62.1 Å². The predicted octanol–water partition coefficient (Wildman–Crippen LogP) is 3.40. The first-order valence-corrected chi connectivity index (χ1v) is 20.9. The summed E-state index contributed by atoms with van der Waals surface area (Å²) in [7, 11) is 1.71. The molecule has 1 unspecified atom stereocenters. The fourth-order valence-electron chi connectivity index (χ4n) is 10.1. The summed E-state index contributed by atoms with van der Waals surface area (Å²) in [6, 6.07) is 6.99. The Bertz CT molecular complexity index is 2540. The summed E-state index contributed by atoms with van der Waals surface area (Å²) in [6.45, 7) is 4.34. The topological polar surface area (TPSA) is 175 Å². The number of carbonyl (C=O) groups is 3. The Hall–Kier alpha value is -5.53. The number of anilines is 2. The van der Waals surface area contributed by atoms with Crippen molar-refractivity contribution in [1.82, 2.24) is 43.7 Å². The molecule has 4 atom stereocenters. The Balaban J connectivity index is 0.767. The van der Waals surface area contributed by atoms with Gasteiger partial charge in [0.05, 0.1) is 60.4 Å². The van der Waals surface area contributed by atoms with Crippen molar-refractivity contribution in [2.75, 3.05) is 49.6 Å². The number of nitrogens with zero attached hydrogens (tertiary/aromatic N) is 9. The summed E-state index contributed by atoms with van der Waals surface area (Å²) < 4.78 is 46.8. The number of aryl methyl sites for hydroxylation is 1. The van der Waals surface area contributed by atoms with Crippen molar-refractivity contribution in [1.29, 1.82) is 0 Å².